The maximum absolute atomic E-state index is 14.1. The Bertz CT molecular complexity index is 1610. The Morgan fingerprint density at radius 2 is 1.46 bits per heavy atom. The molecule has 4 aliphatic rings. The lowest BCUT2D eigenvalue weighted by atomic mass is 10.0. The van der Waals surface area contributed by atoms with Gasteiger partial charge in [-0.05, 0) is 88.6 Å². The number of fused-ring (bicyclic) bond motifs is 1. The van der Waals surface area contributed by atoms with E-state index < -0.39 is 17.8 Å². The van der Waals surface area contributed by atoms with Crippen molar-refractivity contribution in [3.8, 4) is 0 Å². The van der Waals surface area contributed by atoms with Gasteiger partial charge < -0.3 is 34.4 Å². The van der Waals surface area contributed by atoms with Crippen LogP contribution in [0.5, 0.6) is 0 Å². The third kappa shape index (κ3) is 9.30. The van der Waals surface area contributed by atoms with E-state index in [4.69, 9.17) is 21.1 Å². The Hall–Kier alpha value is -4.03. The number of nitrogens with zero attached hydrogens (tertiary/aromatic N) is 5. The molecule has 4 heterocycles. The number of ether oxygens (including phenoxy) is 2. The van der Waals surface area contributed by atoms with Gasteiger partial charge in [0.05, 0.1) is 0 Å². The molecule has 0 bridgehead atoms. The lowest BCUT2D eigenvalue weighted by Gasteiger charge is -2.43. The average Bonchev–Trinajstić information content (AvgIpc) is 3.30. The fourth-order valence-electron chi connectivity index (χ4n) is 7.70. The molecule has 0 radical (unpaired) electrons. The first kappa shape index (κ1) is 37.7. The van der Waals surface area contributed by atoms with Crippen molar-refractivity contribution in [3.05, 3.63) is 64.2 Å². The van der Waals surface area contributed by atoms with Gasteiger partial charge in [-0.3, -0.25) is 9.69 Å². The van der Waals surface area contributed by atoms with Gasteiger partial charge in [-0.25, -0.2) is 14.4 Å². The highest BCUT2D eigenvalue weighted by Crippen LogP contribution is 2.26. The fourth-order valence-corrected chi connectivity index (χ4v) is 7.91. The second-order valence-electron chi connectivity index (χ2n) is 15.5. The second-order valence-corrected chi connectivity index (χ2v) is 15.9. The van der Waals surface area contributed by atoms with Gasteiger partial charge >= 0.3 is 18.2 Å². The third-order valence-corrected chi connectivity index (χ3v) is 11.1. The zero-order chi connectivity index (χ0) is 37.0. The molecule has 282 valence electrons. The topological polar surface area (TPSA) is 115 Å². The van der Waals surface area contributed by atoms with E-state index in [1.54, 1.807) is 9.80 Å². The highest BCUT2D eigenvalue weighted by Gasteiger charge is 2.37. The number of likely N-dealkylation sites (tertiary alicyclic amines) is 2. The number of piperazine rings is 1. The lowest BCUT2D eigenvalue weighted by molar-refractivity contribution is -0.143. The molecule has 1 N–H and O–H groups in total. The van der Waals surface area contributed by atoms with E-state index in [-0.39, 0.29) is 30.5 Å². The lowest BCUT2D eigenvalue weighted by Crippen LogP contribution is -2.57. The molecule has 0 spiro atoms. The van der Waals surface area contributed by atoms with Crippen molar-refractivity contribution in [2.75, 3.05) is 64.2 Å². The molecule has 3 saturated heterocycles. The van der Waals surface area contributed by atoms with Crippen LogP contribution in [0.25, 0.3) is 0 Å². The summed E-state index contributed by atoms with van der Waals surface area (Å²) in [6.45, 7) is 12.8. The van der Waals surface area contributed by atoms with Crippen molar-refractivity contribution < 1.29 is 28.7 Å². The molecular weight excluding hydrogens is 684 g/mol. The van der Waals surface area contributed by atoms with Gasteiger partial charge in [0, 0.05) is 88.1 Å². The first-order valence-electron chi connectivity index (χ1n) is 18.7. The van der Waals surface area contributed by atoms with Crippen LogP contribution in [0.2, 0.25) is 5.02 Å². The van der Waals surface area contributed by atoms with Crippen molar-refractivity contribution in [2.45, 2.75) is 90.0 Å². The number of carbonyl (C=O) groups is 4. The summed E-state index contributed by atoms with van der Waals surface area (Å²) in [6.07, 6.45) is 2.18. The van der Waals surface area contributed by atoms with E-state index in [0.717, 1.165) is 41.6 Å². The van der Waals surface area contributed by atoms with Crippen LogP contribution < -0.4 is 5.32 Å². The van der Waals surface area contributed by atoms with Gasteiger partial charge in [-0.1, -0.05) is 41.9 Å². The van der Waals surface area contributed by atoms with Gasteiger partial charge in [0.1, 0.15) is 5.60 Å². The minimum Gasteiger partial charge on any atom is -0.444 e. The van der Waals surface area contributed by atoms with Crippen LogP contribution in [0.1, 0.15) is 63.1 Å². The summed E-state index contributed by atoms with van der Waals surface area (Å²) in [7, 11) is 0. The van der Waals surface area contributed by atoms with Crippen LogP contribution in [-0.2, 0) is 27.1 Å². The van der Waals surface area contributed by atoms with Gasteiger partial charge in [-0.15, -0.1) is 0 Å². The molecule has 5 amide bonds. The van der Waals surface area contributed by atoms with Gasteiger partial charge in [0.2, 0.25) is 0 Å². The number of carbonyl (C=O) groups excluding carboxylic acids is 4. The summed E-state index contributed by atoms with van der Waals surface area (Å²) in [5, 5.41) is 3.65. The molecule has 3 fully saturated rings. The Morgan fingerprint density at radius 1 is 0.827 bits per heavy atom. The number of nitrogens with one attached hydrogen (secondary N) is 1. The van der Waals surface area contributed by atoms with E-state index in [0.29, 0.717) is 82.8 Å². The SMILES string of the molecule is Cc1ccc(C[C@@H](OC(=O)N2CCC(N3CCc4ccccc4NC3=O)CC2)C(=O)N2CCN(C3CCN(C(=O)OC(C)(C)C)CC3)CC2)cc1Cl. The standard InChI is InChI=1S/C39H53ClN6O6/c1-27-9-10-28(25-32(27)40)26-34(35(47)43-23-21-42(22-24-43)30-12-16-45(17-13-30)38(50)52-39(2,3)4)51-37(49)44-18-14-31(15-19-44)46-20-11-29-7-5-6-8-33(29)41-36(46)48/h5-10,25,30-31,34H,11-24,26H2,1-4H3,(H,41,48)/t34-/m1/s1. The number of rotatable bonds is 6. The second kappa shape index (κ2) is 16.3. The molecule has 2 aromatic carbocycles. The van der Waals surface area contributed by atoms with Crippen LogP contribution in [0.3, 0.4) is 0 Å². The fraction of sp³-hybridized carbons (Fsp3) is 0.590. The van der Waals surface area contributed by atoms with Crippen LogP contribution in [0.15, 0.2) is 42.5 Å². The quantitative estimate of drug-likeness (QED) is 0.399. The highest BCUT2D eigenvalue weighted by atomic mass is 35.5. The predicted octanol–water partition coefficient (Wildman–Crippen LogP) is 5.79. The molecule has 0 saturated carbocycles. The maximum Gasteiger partial charge on any atom is 0.410 e. The summed E-state index contributed by atoms with van der Waals surface area (Å²) in [5.41, 5.74) is 3.20. The first-order chi connectivity index (χ1) is 24.8. The molecule has 4 aliphatic heterocycles. The van der Waals surface area contributed by atoms with Crippen molar-refractivity contribution in [2.24, 2.45) is 0 Å². The first-order valence-corrected chi connectivity index (χ1v) is 19.1. The number of piperidine rings is 2. The largest absolute Gasteiger partial charge is 0.444 e. The highest BCUT2D eigenvalue weighted by molar-refractivity contribution is 6.31. The van der Waals surface area contributed by atoms with E-state index in [1.807, 2.05) is 80.0 Å². The minimum absolute atomic E-state index is 0.00587. The molecule has 0 unspecified atom stereocenters. The number of hydrogen-bond acceptors (Lipinski definition) is 7. The molecule has 6 rings (SSSR count). The molecule has 0 aliphatic carbocycles. The molecule has 0 aromatic heterocycles. The molecular formula is C39H53ClN6O6. The van der Waals surface area contributed by atoms with Crippen LogP contribution in [-0.4, -0.2) is 131 Å². The average molecular weight is 737 g/mol. The Morgan fingerprint density at radius 3 is 2.12 bits per heavy atom. The molecule has 12 nitrogen and oxygen atoms in total. The molecule has 52 heavy (non-hydrogen) atoms. The number of aryl methyl sites for hydroxylation is 1. The summed E-state index contributed by atoms with van der Waals surface area (Å²) in [4.78, 5) is 62.9. The number of benzene rings is 2. The summed E-state index contributed by atoms with van der Waals surface area (Å²) in [6, 6.07) is 13.8. The number of halogens is 1. The zero-order valence-corrected chi connectivity index (χ0v) is 31.7. The van der Waals surface area contributed by atoms with Crippen LogP contribution >= 0.6 is 11.6 Å². The van der Waals surface area contributed by atoms with Crippen molar-refractivity contribution >= 4 is 41.4 Å². The van der Waals surface area contributed by atoms with Crippen molar-refractivity contribution in [1.29, 1.82) is 0 Å². The van der Waals surface area contributed by atoms with Gasteiger partial charge in [0.15, 0.2) is 6.10 Å². The van der Waals surface area contributed by atoms with Crippen LogP contribution in [0.4, 0.5) is 20.1 Å². The summed E-state index contributed by atoms with van der Waals surface area (Å²) in [5.74, 6) is -0.208. The van der Waals surface area contributed by atoms with E-state index >= 15 is 0 Å². The zero-order valence-electron chi connectivity index (χ0n) is 30.9. The van der Waals surface area contributed by atoms with E-state index in [2.05, 4.69) is 10.2 Å². The maximum atomic E-state index is 14.1. The smallest absolute Gasteiger partial charge is 0.410 e. The number of hydrogen-bond donors (Lipinski definition) is 1. The summed E-state index contributed by atoms with van der Waals surface area (Å²) >= 11 is 6.44. The van der Waals surface area contributed by atoms with Gasteiger partial charge in [-0.2, -0.15) is 0 Å². The third-order valence-electron chi connectivity index (χ3n) is 10.7. The van der Waals surface area contributed by atoms with Crippen molar-refractivity contribution in [1.82, 2.24) is 24.5 Å². The Kier molecular flexibility index (Phi) is 11.8. The Balaban J connectivity index is 1.03. The molecule has 1 atom stereocenters. The van der Waals surface area contributed by atoms with E-state index in [1.165, 1.54) is 0 Å². The summed E-state index contributed by atoms with van der Waals surface area (Å²) < 4.78 is 11.6. The number of para-hydroxylation sites is 1. The van der Waals surface area contributed by atoms with Crippen LogP contribution in [0, 0.1) is 6.92 Å². The Labute approximate surface area is 312 Å². The van der Waals surface area contributed by atoms with Crippen molar-refractivity contribution in [3.63, 3.8) is 0 Å². The molecule has 2 aromatic rings. The number of anilines is 1. The number of amides is 5. The minimum atomic E-state index is -0.998. The normalized spacial score (nSPS) is 20.1. The molecule has 13 heteroatoms. The van der Waals surface area contributed by atoms with E-state index in [9.17, 15) is 19.2 Å². The number of urea groups is 1. The predicted molar refractivity (Wildman–Crippen MR) is 200 cm³/mol. The monoisotopic (exact) mass is 736 g/mol. The van der Waals surface area contributed by atoms with Gasteiger partial charge in [0.25, 0.3) is 5.91 Å².